The predicted molar refractivity (Wildman–Crippen MR) is 237 cm³/mol. The van der Waals surface area contributed by atoms with E-state index in [1.165, 1.54) is 106 Å². The molecule has 0 saturated carbocycles. The van der Waals surface area contributed by atoms with Gasteiger partial charge in [-0.15, -0.1) is 11.8 Å². The van der Waals surface area contributed by atoms with E-state index in [0.717, 1.165) is 0 Å². The highest BCUT2D eigenvalue weighted by atomic mass is 32.2. The number of ether oxygens (including phenoxy) is 3. The maximum atomic E-state index is 13.9. The summed E-state index contributed by atoms with van der Waals surface area (Å²) >= 11 is 1.19. The van der Waals surface area contributed by atoms with E-state index in [9.17, 15) is 64.5 Å². The van der Waals surface area contributed by atoms with Crippen molar-refractivity contribution >= 4 is 58.8 Å². The number of non-ortho nitro benzene ring substituents is 3. The summed E-state index contributed by atoms with van der Waals surface area (Å²) in [5, 5.41) is 57.6. The second kappa shape index (κ2) is 20.8. The van der Waals surface area contributed by atoms with Gasteiger partial charge in [0.1, 0.15) is 25.5 Å². The molecule has 360 valence electrons. The van der Waals surface area contributed by atoms with Crippen molar-refractivity contribution < 1.29 is 63.2 Å². The summed E-state index contributed by atoms with van der Waals surface area (Å²) in [5.74, 6) is -3.10. The number of rotatable bonds is 17. The lowest BCUT2D eigenvalue weighted by atomic mass is 9.79. The van der Waals surface area contributed by atoms with Gasteiger partial charge in [0.05, 0.1) is 57.4 Å². The number of carbonyl (C=O) groups excluding carboxylic acids is 5. The number of amides is 4. The molecule has 68 heavy (non-hydrogen) atoms. The molecule has 1 unspecified atom stereocenters. The van der Waals surface area contributed by atoms with Crippen molar-refractivity contribution in [2.24, 2.45) is 11.8 Å². The van der Waals surface area contributed by atoms with Crippen molar-refractivity contribution in [3.63, 3.8) is 0 Å². The summed E-state index contributed by atoms with van der Waals surface area (Å²) in [6, 6.07) is 14.2. The number of thioether (sulfide) groups is 1. The summed E-state index contributed by atoms with van der Waals surface area (Å²) in [4.78, 5) is 103. The molecule has 0 aliphatic carbocycles. The Morgan fingerprint density at radius 2 is 1.31 bits per heavy atom. The highest BCUT2D eigenvalue weighted by molar-refractivity contribution is 8.03. The SMILES string of the molecule is C[C@@H](O)[C@H]1C(=O)N2C(C(=O)OCc3ccc([N+](=O)[O-])cc3)=C(S[C@H]3C[C@@H](C(O)CC(=O)N4CC[C@@H](NC(=O)OCc5ccc([N+](=O)[O-])cc5)C4)N(C(=O)OCc4ccc([N+](=O)[O-])cc4)C3)[C@H](C)[C@H]12. The molecule has 3 fully saturated rings. The van der Waals surface area contributed by atoms with Crippen LogP contribution in [0.1, 0.15) is 49.8 Å². The lowest BCUT2D eigenvalue weighted by Crippen LogP contribution is -2.63. The number of alkyl carbamates (subject to hydrolysis) is 1. The highest BCUT2D eigenvalue weighted by Crippen LogP contribution is 2.52. The largest absolute Gasteiger partial charge is 0.456 e. The third kappa shape index (κ3) is 10.8. The number of nitrogens with one attached hydrogen (secondary N) is 1. The molecule has 4 aliphatic heterocycles. The number of hydrogen-bond acceptors (Lipinski definition) is 17. The van der Waals surface area contributed by atoms with Gasteiger partial charge in [0.15, 0.2) is 0 Å². The van der Waals surface area contributed by atoms with Crippen molar-refractivity contribution in [1.82, 2.24) is 20.0 Å². The maximum absolute atomic E-state index is 13.9. The number of likely N-dealkylation sites (tertiary alicyclic amines) is 2. The summed E-state index contributed by atoms with van der Waals surface area (Å²) < 4.78 is 16.5. The minimum atomic E-state index is -1.43. The molecule has 0 spiro atoms. The molecule has 4 heterocycles. The summed E-state index contributed by atoms with van der Waals surface area (Å²) in [6.07, 6.45) is -4.04. The van der Waals surface area contributed by atoms with Gasteiger partial charge in [-0.1, -0.05) is 6.92 Å². The van der Waals surface area contributed by atoms with Crippen LogP contribution in [-0.2, 0) is 48.4 Å². The van der Waals surface area contributed by atoms with Gasteiger partial charge in [0, 0.05) is 72.1 Å². The lowest BCUT2D eigenvalue weighted by molar-refractivity contribution is -0.385. The molecule has 24 heteroatoms. The molecule has 23 nitrogen and oxygen atoms in total. The van der Waals surface area contributed by atoms with E-state index in [4.69, 9.17) is 14.2 Å². The van der Waals surface area contributed by atoms with Crippen LogP contribution >= 0.6 is 11.8 Å². The molecule has 4 amide bonds. The second-order valence-corrected chi connectivity index (χ2v) is 18.2. The number of benzene rings is 3. The number of nitro groups is 3. The number of β-lactam (4-membered cyclic amide) rings is 1. The number of nitrogens with zero attached hydrogens (tertiary/aromatic N) is 6. The van der Waals surface area contributed by atoms with Crippen LogP contribution in [0.25, 0.3) is 0 Å². The predicted octanol–water partition coefficient (Wildman–Crippen LogP) is 4.31. The molecule has 0 bridgehead atoms. The smallest absolute Gasteiger partial charge is 0.410 e. The number of aliphatic hydroxyl groups excluding tert-OH is 2. The third-order valence-electron chi connectivity index (χ3n) is 12.4. The molecule has 3 aromatic rings. The molecule has 0 aromatic heterocycles. The van der Waals surface area contributed by atoms with E-state index in [2.05, 4.69) is 5.32 Å². The molecular formula is C44H47N7O16S. The third-order valence-corrected chi connectivity index (χ3v) is 13.9. The van der Waals surface area contributed by atoms with Gasteiger partial charge in [0.25, 0.3) is 17.1 Å². The van der Waals surface area contributed by atoms with Crippen LogP contribution in [0.3, 0.4) is 0 Å². The van der Waals surface area contributed by atoms with Crippen LogP contribution in [-0.4, -0.2) is 125 Å². The fourth-order valence-electron chi connectivity index (χ4n) is 8.83. The zero-order valence-corrected chi connectivity index (χ0v) is 37.4. The average molecular weight is 962 g/mol. The molecule has 4 aliphatic rings. The minimum Gasteiger partial charge on any atom is -0.456 e. The van der Waals surface area contributed by atoms with E-state index in [1.54, 1.807) is 6.92 Å². The van der Waals surface area contributed by atoms with Gasteiger partial charge in [0.2, 0.25) is 11.8 Å². The topological polar surface area (TPSA) is 305 Å². The molecule has 0 radical (unpaired) electrons. The van der Waals surface area contributed by atoms with Gasteiger partial charge < -0.3 is 44.4 Å². The fraction of sp³-hybridized carbons (Fsp3) is 0.432. The van der Waals surface area contributed by atoms with Crippen LogP contribution in [0.4, 0.5) is 26.7 Å². The Kier molecular flexibility index (Phi) is 14.9. The minimum absolute atomic E-state index is 0.0445. The molecular weight excluding hydrogens is 915 g/mol. The maximum Gasteiger partial charge on any atom is 0.410 e. The van der Waals surface area contributed by atoms with Crippen LogP contribution in [0, 0.1) is 42.2 Å². The molecule has 3 N–H and O–H groups in total. The molecule has 3 aromatic carbocycles. The Hall–Kier alpha value is -7.18. The zero-order chi connectivity index (χ0) is 49.0. The van der Waals surface area contributed by atoms with Crippen LogP contribution in [0.15, 0.2) is 83.4 Å². The number of fused-ring (bicyclic) bond motifs is 1. The Balaban J connectivity index is 1.04. The van der Waals surface area contributed by atoms with Gasteiger partial charge in [-0.25, -0.2) is 14.4 Å². The van der Waals surface area contributed by atoms with Crippen molar-refractivity contribution in [2.75, 3.05) is 19.6 Å². The molecule has 3 saturated heterocycles. The Bertz CT molecular complexity index is 2490. The van der Waals surface area contributed by atoms with Crippen molar-refractivity contribution in [3.8, 4) is 0 Å². The number of esters is 1. The first-order valence-electron chi connectivity index (χ1n) is 21.5. The standard InChI is InChI=1S/C44H47N7O16S/c1-24-38-37(25(2)52)41(55)48(38)39(42(56)65-21-26-3-9-30(10-4-26)49(59)60)40(24)68-33-17-34(47(20-33)44(58)67-23-28-7-13-32(14-8-28)51(63)64)35(53)18-36(54)46-16-15-29(19-46)45-43(57)66-22-27-5-11-31(12-6-27)50(61)62/h3-14,24-25,29,33-35,37-38,52-53H,15-23H2,1-2H3,(H,45,57)/t24-,25-,29-,33+,34+,35?,37-,38-/m1/s1. The second-order valence-electron chi connectivity index (χ2n) is 16.9. The van der Waals surface area contributed by atoms with E-state index < -0.39 is 98.6 Å². The summed E-state index contributed by atoms with van der Waals surface area (Å²) in [7, 11) is 0. The van der Waals surface area contributed by atoms with Gasteiger partial charge in [-0.05, 0) is 72.9 Å². The number of carbonyl (C=O) groups is 5. The van der Waals surface area contributed by atoms with Gasteiger partial charge in [-0.3, -0.25) is 39.9 Å². The Labute approximate surface area is 391 Å². The summed E-state index contributed by atoms with van der Waals surface area (Å²) in [5.41, 5.74) is 0.938. The average Bonchev–Trinajstić information content (AvgIpc) is 4.02. The Morgan fingerprint density at radius 1 is 0.794 bits per heavy atom. The number of aliphatic hydroxyl groups is 2. The van der Waals surface area contributed by atoms with Gasteiger partial charge >= 0.3 is 18.2 Å². The lowest BCUT2D eigenvalue weighted by Gasteiger charge is -2.46. The van der Waals surface area contributed by atoms with Crippen molar-refractivity contribution in [2.45, 2.75) is 88.5 Å². The zero-order valence-electron chi connectivity index (χ0n) is 36.6. The van der Waals surface area contributed by atoms with E-state index in [0.29, 0.717) is 28.0 Å². The molecule has 8 atom stereocenters. The van der Waals surface area contributed by atoms with E-state index in [-0.39, 0.29) is 68.6 Å². The van der Waals surface area contributed by atoms with Crippen LogP contribution in [0.5, 0.6) is 0 Å². The van der Waals surface area contributed by atoms with E-state index in [1.807, 2.05) is 0 Å². The quantitative estimate of drug-likeness (QED) is 0.0558. The van der Waals surface area contributed by atoms with E-state index >= 15 is 0 Å². The van der Waals surface area contributed by atoms with Crippen LogP contribution < -0.4 is 5.32 Å². The van der Waals surface area contributed by atoms with Gasteiger partial charge in [-0.2, -0.15) is 0 Å². The monoisotopic (exact) mass is 961 g/mol. The van der Waals surface area contributed by atoms with Crippen molar-refractivity contribution in [1.29, 1.82) is 0 Å². The first-order chi connectivity index (χ1) is 32.4. The number of nitro benzene ring substituents is 3. The first-order valence-corrected chi connectivity index (χ1v) is 22.4. The summed E-state index contributed by atoms with van der Waals surface area (Å²) in [6.45, 7) is 2.86. The Morgan fingerprint density at radius 3 is 1.82 bits per heavy atom. The van der Waals surface area contributed by atoms with Crippen molar-refractivity contribution in [3.05, 3.63) is 130 Å². The fourth-order valence-corrected chi connectivity index (χ4v) is 10.4. The normalized spacial score (nSPS) is 22.8. The highest BCUT2D eigenvalue weighted by Gasteiger charge is 2.60. The number of hydrogen-bond donors (Lipinski definition) is 3. The first kappa shape index (κ1) is 48.7. The van der Waals surface area contributed by atoms with Crippen LogP contribution in [0.2, 0.25) is 0 Å². The molecule has 7 rings (SSSR count).